The first-order valence-electron chi connectivity index (χ1n) is 6.56. The minimum Gasteiger partial charge on any atom is -0.444 e. The summed E-state index contributed by atoms with van der Waals surface area (Å²) in [5.41, 5.74) is 1.37. The molecular weight excluding hydrogens is 260 g/mol. The standard InChI is InChI=1S/C13H16N4O3/c1-7-11(12(20-17-7)9-3-4-9)16-13(18)15-6-10-5-14-8(2)19-10/h5,9H,3-4,6H2,1-2H3,(H2,15,16,18). The minimum atomic E-state index is -0.313. The molecule has 0 radical (unpaired) electrons. The average Bonchev–Trinajstić information content (AvgIpc) is 3.08. The van der Waals surface area contributed by atoms with Crippen LogP contribution in [0.15, 0.2) is 15.1 Å². The number of rotatable bonds is 4. The summed E-state index contributed by atoms with van der Waals surface area (Å²) in [4.78, 5) is 15.9. The lowest BCUT2D eigenvalue weighted by Crippen LogP contribution is -2.28. The van der Waals surface area contributed by atoms with E-state index in [1.807, 2.05) is 6.92 Å². The zero-order valence-corrected chi connectivity index (χ0v) is 11.4. The van der Waals surface area contributed by atoms with Crippen LogP contribution in [0.25, 0.3) is 0 Å². The van der Waals surface area contributed by atoms with Crippen molar-refractivity contribution in [1.82, 2.24) is 15.5 Å². The van der Waals surface area contributed by atoms with E-state index in [4.69, 9.17) is 8.94 Å². The third kappa shape index (κ3) is 2.66. The van der Waals surface area contributed by atoms with Crippen molar-refractivity contribution in [3.63, 3.8) is 0 Å². The largest absolute Gasteiger partial charge is 0.444 e. The first-order chi connectivity index (χ1) is 9.63. The van der Waals surface area contributed by atoms with Crippen molar-refractivity contribution in [3.8, 4) is 0 Å². The molecule has 2 aromatic rings. The van der Waals surface area contributed by atoms with Gasteiger partial charge in [-0.05, 0) is 19.8 Å². The fourth-order valence-corrected chi connectivity index (χ4v) is 1.98. The maximum Gasteiger partial charge on any atom is 0.319 e. The van der Waals surface area contributed by atoms with Gasteiger partial charge in [0.15, 0.2) is 11.7 Å². The van der Waals surface area contributed by atoms with Gasteiger partial charge in [0.1, 0.15) is 17.1 Å². The second kappa shape index (κ2) is 4.99. The summed E-state index contributed by atoms with van der Waals surface area (Å²) in [6, 6.07) is -0.313. The van der Waals surface area contributed by atoms with Crippen LogP contribution in [0.3, 0.4) is 0 Å². The molecule has 0 saturated heterocycles. The van der Waals surface area contributed by atoms with Crippen LogP contribution in [-0.4, -0.2) is 16.2 Å². The van der Waals surface area contributed by atoms with E-state index in [0.717, 1.165) is 18.6 Å². The highest BCUT2D eigenvalue weighted by Gasteiger charge is 2.32. The molecule has 7 nitrogen and oxygen atoms in total. The second-order valence-electron chi connectivity index (χ2n) is 4.93. The number of oxazole rings is 1. The number of nitrogens with zero attached hydrogens (tertiary/aromatic N) is 2. The normalized spacial score (nSPS) is 14.3. The molecule has 2 aromatic heterocycles. The Bertz CT molecular complexity index is 627. The highest BCUT2D eigenvalue weighted by molar-refractivity contribution is 5.90. The monoisotopic (exact) mass is 276 g/mol. The van der Waals surface area contributed by atoms with Crippen molar-refractivity contribution in [2.75, 3.05) is 5.32 Å². The molecule has 3 rings (SSSR count). The molecule has 0 bridgehead atoms. The number of urea groups is 1. The van der Waals surface area contributed by atoms with Gasteiger partial charge in [0.25, 0.3) is 0 Å². The Hall–Kier alpha value is -2.31. The fraction of sp³-hybridized carbons (Fsp3) is 0.462. The lowest BCUT2D eigenvalue weighted by molar-refractivity contribution is 0.250. The smallest absolute Gasteiger partial charge is 0.319 e. The molecule has 1 saturated carbocycles. The average molecular weight is 276 g/mol. The summed E-state index contributed by atoms with van der Waals surface area (Å²) in [7, 11) is 0. The number of anilines is 1. The predicted octanol–water partition coefficient (Wildman–Crippen LogP) is 2.48. The van der Waals surface area contributed by atoms with Crippen LogP contribution in [0.4, 0.5) is 10.5 Å². The van der Waals surface area contributed by atoms with Gasteiger partial charge in [0.05, 0.1) is 12.7 Å². The summed E-state index contributed by atoms with van der Waals surface area (Å²) in [6.07, 6.45) is 3.76. The van der Waals surface area contributed by atoms with Gasteiger partial charge in [0.2, 0.25) is 0 Å². The molecule has 2 N–H and O–H groups in total. The molecule has 0 aliphatic heterocycles. The third-order valence-corrected chi connectivity index (χ3v) is 3.17. The van der Waals surface area contributed by atoms with Gasteiger partial charge < -0.3 is 19.6 Å². The Morgan fingerprint density at radius 1 is 1.45 bits per heavy atom. The zero-order chi connectivity index (χ0) is 14.1. The molecule has 7 heteroatoms. The van der Waals surface area contributed by atoms with Crippen molar-refractivity contribution < 1.29 is 13.7 Å². The molecule has 0 unspecified atom stereocenters. The van der Waals surface area contributed by atoms with E-state index in [2.05, 4.69) is 20.8 Å². The van der Waals surface area contributed by atoms with Crippen LogP contribution in [0.5, 0.6) is 0 Å². The molecule has 2 amide bonds. The fourth-order valence-electron chi connectivity index (χ4n) is 1.98. The molecule has 0 aromatic carbocycles. The number of carbonyl (C=O) groups is 1. The highest BCUT2D eigenvalue weighted by Crippen LogP contribution is 2.44. The van der Waals surface area contributed by atoms with E-state index in [1.54, 1.807) is 13.1 Å². The first kappa shape index (κ1) is 12.7. The van der Waals surface area contributed by atoms with E-state index in [1.165, 1.54) is 0 Å². The van der Waals surface area contributed by atoms with Crippen LogP contribution in [0.2, 0.25) is 0 Å². The van der Waals surface area contributed by atoms with Gasteiger partial charge in [-0.15, -0.1) is 0 Å². The topological polar surface area (TPSA) is 93.2 Å². The van der Waals surface area contributed by atoms with Crippen molar-refractivity contribution in [2.45, 2.75) is 39.2 Å². The summed E-state index contributed by atoms with van der Waals surface area (Å²) in [5, 5.41) is 9.41. The summed E-state index contributed by atoms with van der Waals surface area (Å²) < 4.78 is 10.5. The highest BCUT2D eigenvalue weighted by atomic mass is 16.5. The van der Waals surface area contributed by atoms with Gasteiger partial charge in [-0.25, -0.2) is 9.78 Å². The minimum absolute atomic E-state index is 0.287. The van der Waals surface area contributed by atoms with Crippen molar-refractivity contribution in [1.29, 1.82) is 0 Å². The molecule has 1 aliphatic carbocycles. The van der Waals surface area contributed by atoms with Gasteiger partial charge in [-0.3, -0.25) is 0 Å². The number of amides is 2. The first-order valence-corrected chi connectivity index (χ1v) is 6.56. The summed E-state index contributed by atoms with van der Waals surface area (Å²) in [5.74, 6) is 2.35. The van der Waals surface area contributed by atoms with E-state index >= 15 is 0 Å². The molecule has 20 heavy (non-hydrogen) atoms. The predicted molar refractivity (Wildman–Crippen MR) is 70.3 cm³/mol. The van der Waals surface area contributed by atoms with E-state index in [9.17, 15) is 4.79 Å². The SMILES string of the molecule is Cc1ncc(CNC(=O)Nc2c(C)noc2C2CC2)o1. The van der Waals surface area contributed by atoms with Crippen molar-refractivity contribution >= 4 is 11.7 Å². The van der Waals surface area contributed by atoms with E-state index in [-0.39, 0.29) is 12.6 Å². The van der Waals surface area contributed by atoms with Crippen LogP contribution < -0.4 is 10.6 Å². The van der Waals surface area contributed by atoms with E-state index in [0.29, 0.717) is 29.0 Å². The number of nitrogens with one attached hydrogen (secondary N) is 2. The molecule has 106 valence electrons. The Kier molecular flexibility index (Phi) is 3.17. The van der Waals surface area contributed by atoms with Gasteiger partial charge >= 0.3 is 6.03 Å². The van der Waals surface area contributed by atoms with Gasteiger partial charge in [-0.2, -0.15) is 0 Å². The maximum absolute atomic E-state index is 11.9. The van der Waals surface area contributed by atoms with Crippen LogP contribution in [0.1, 0.15) is 41.9 Å². The summed E-state index contributed by atoms with van der Waals surface area (Å²) in [6.45, 7) is 3.85. The maximum atomic E-state index is 11.9. The Morgan fingerprint density at radius 3 is 2.90 bits per heavy atom. The molecule has 1 aliphatic rings. The Morgan fingerprint density at radius 2 is 2.25 bits per heavy atom. The molecule has 2 heterocycles. The lowest BCUT2D eigenvalue weighted by atomic mass is 10.2. The number of carbonyl (C=O) groups excluding carboxylic acids is 1. The third-order valence-electron chi connectivity index (χ3n) is 3.17. The van der Waals surface area contributed by atoms with Crippen LogP contribution >= 0.6 is 0 Å². The second-order valence-corrected chi connectivity index (χ2v) is 4.93. The zero-order valence-electron chi connectivity index (χ0n) is 11.4. The van der Waals surface area contributed by atoms with Crippen molar-refractivity contribution in [3.05, 3.63) is 29.3 Å². The van der Waals surface area contributed by atoms with E-state index < -0.39 is 0 Å². The Balaban J connectivity index is 1.60. The lowest BCUT2D eigenvalue weighted by Gasteiger charge is -2.06. The number of aromatic nitrogens is 2. The summed E-state index contributed by atoms with van der Waals surface area (Å²) >= 11 is 0. The molecule has 1 fully saturated rings. The van der Waals surface area contributed by atoms with Crippen molar-refractivity contribution in [2.24, 2.45) is 0 Å². The number of hydrogen-bond donors (Lipinski definition) is 2. The quantitative estimate of drug-likeness (QED) is 0.894. The molecule has 0 atom stereocenters. The number of aryl methyl sites for hydroxylation is 2. The number of hydrogen-bond acceptors (Lipinski definition) is 5. The van der Waals surface area contributed by atoms with Gasteiger partial charge in [0, 0.05) is 12.8 Å². The molecular formula is C13H16N4O3. The van der Waals surface area contributed by atoms with Crippen LogP contribution in [0, 0.1) is 13.8 Å². The van der Waals surface area contributed by atoms with Crippen LogP contribution in [-0.2, 0) is 6.54 Å². The Labute approximate surface area is 115 Å². The van der Waals surface area contributed by atoms with Gasteiger partial charge in [-0.1, -0.05) is 5.16 Å². The molecule has 0 spiro atoms.